The molecule has 0 spiro atoms. The maximum absolute atomic E-state index is 5.58. The number of hydrogen-bond acceptors (Lipinski definition) is 1. The van der Waals surface area contributed by atoms with Gasteiger partial charge in [-0.05, 0) is 18.4 Å². The molecule has 13 heavy (non-hydrogen) atoms. The molecule has 1 aromatic carbocycles. The first-order chi connectivity index (χ1) is 6.38. The Balaban J connectivity index is 2.66. The first-order valence-electron chi connectivity index (χ1n) is 5.00. The van der Waals surface area contributed by atoms with Gasteiger partial charge in [-0.3, -0.25) is 0 Å². The fourth-order valence-corrected chi connectivity index (χ4v) is 1.26. The van der Waals surface area contributed by atoms with Crippen LogP contribution in [0.15, 0.2) is 18.2 Å². The largest absolute Gasteiger partial charge is 0.493 e. The molecule has 1 nitrogen and oxygen atoms in total. The van der Waals surface area contributed by atoms with Crippen LogP contribution in [-0.2, 0) is 6.42 Å². The molecule has 1 radical (unpaired) electrons. The summed E-state index contributed by atoms with van der Waals surface area (Å²) in [5, 5.41) is 0. The van der Waals surface area contributed by atoms with E-state index < -0.39 is 0 Å². The molecule has 0 heterocycles. The van der Waals surface area contributed by atoms with Crippen molar-refractivity contribution in [3.8, 4) is 5.75 Å². The van der Waals surface area contributed by atoms with E-state index >= 15 is 0 Å². The predicted octanol–water partition coefficient (Wildman–Crippen LogP) is 3.23. The predicted molar refractivity (Wildman–Crippen MR) is 55.1 cm³/mol. The third kappa shape index (κ3) is 3.10. The summed E-state index contributed by atoms with van der Waals surface area (Å²) in [6.07, 6.45) is 3.28. The zero-order valence-corrected chi connectivity index (χ0v) is 8.47. The van der Waals surface area contributed by atoms with Gasteiger partial charge in [0.1, 0.15) is 5.75 Å². The highest BCUT2D eigenvalue weighted by Crippen LogP contribution is 2.18. The van der Waals surface area contributed by atoms with Crippen molar-refractivity contribution in [1.29, 1.82) is 0 Å². The quantitative estimate of drug-likeness (QED) is 0.671. The molecule has 0 atom stereocenters. The average molecular weight is 177 g/mol. The highest BCUT2D eigenvalue weighted by atomic mass is 16.5. The van der Waals surface area contributed by atoms with Crippen molar-refractivity contribution in [3.63, 3.8) is 0 Å². The maximum Gasteiger partial charge on any atom is 0.130 e. The summed E-state index contributed by atoms with van der Waals surface area (Å²) in [4.78, 5) is 0. The molecule has 0 amide bonds. The van der Waals surface area contributed by atoms with Gasteiger partial charge in [-0.15, -0.1) is 0 Å². The first kappa shape index (κ1) is 10.1. The van der Waals surface area contributed by atoms with Gasteiger partial charge in [0.05, 0.1) is 6.61 Å². The Kier molecular flexibility index (Phi) is 4.37. The SMILES string of the molecule is CCCOc1[c]cccc1CCC. The zero-order chi connectivity index (χ0) is 9.52. The molecule has 0 unspecified atom stereocenters. The second-order valence-corrected chi connectivity index (χ2v) is 3.12. The van der Waals surface area contributed by atoms with E-state index in [1.165, 1.54) is 5.56 Å². The van der Waals surface area contributed by atoms with Crippen LogP contribution in [0, 0.1) is 6.07 Å². The van der Waals surface area contributed by atoms with Gasteiger partial charge in [0.2, 0.25) is 0 Å². The first-order valence-corrected chi connectivity index (χ1v) is 5.00. The van der Waals surface area contributed by atoms with Gasteiger partial charge in [0.15, 0.2) is 0 Å². The molecule has 1 rings (SSSR count). The van der Waals surface area contributed by atoms with Crippen LogP contribution in [0.1, 0.15) is 32.3 Å². The lowest BCUT2D eigenvalue weighted by Crippen LogP contribution is -1.98. The van der Waals surface area contributed by atoms with Crippen molar-refractivity contribution in [1.82, 2.24) is 0 Å². The van der Waals surface area contributed by atoms with Crippen LogP contribution in [-0.4, -0.2) is 6.61 Å². The molecule has 0 aromatic heterocycles. The van der Waals surface area contributed by atoms with E-state index in [0.29, 0.717) is 0 Å². The molecule has 0 saturated heterocycles. The number of hydrogen-bond donors (Lipinski definition) is 0. The zero-order valence-electron chi connectivity index (χ0n) is 8.47. The Morgan fingerprint density at radius 1 is 1.31 bits per heavy atom. The molecule has 71 valence electrons. The molecule has 0 N–H and O–H groups in total. The van der Waals surface area contributed by atoms with Crippen LogP contribution in [0.4, 0.5) is 0 Å². The molecule has 0 aliphatic carbocycles. The van der Waals surface area contributed by atoms with Crippen LogP contribution in [0.2, 0.25) is 0 Å². The van der Waals surface area contributed by atoms with Crippen LogP contribution in [0.3, 0.4) is 0 Å². The molecule has 0 bridgehead atoms. The number of para-hydroxylation sites is 1. The Bertz CT molecular complexity index is 243. The summed E-state index contributed by atoms with van der Waals surface area (Å²) in [7, 11) is 0. The van der Waals surface area contributed by atoms with Gasteiger partial charge in [0, 0.05) is 6.07 Å². The van der Waals surface area contributed by atoms with Crippen LogP contribution in [0.5, 0.6) is 5.75 Å². The number of ether oxygens (including phenoxy) is 1. The fourth-order valence-electron chi connectivity index (χ4n) is 1.26. The maximum atomic E-state index is 5.58. The molecule has 0 fully saturated rings. The summed E-state index contributed by atoms with van der Waals surface area (Å²) < 4.78 is 5.58. The van der Waals surface area contributed by atoms with E-state index in [1.807, 2.05) is 12.1 Å². The van der Waals surface area contributed by atoms with E-state index in [1.54, 1.807) is 0 Å². The Morgan fingerprint density at radius 2 is 2.15 bits per heavy atom. The Hall–Kier alpha value is -0.980. The molecule has 1 heteroatoms. The van der Waals surface area contributed by atoms with Crippen LogP contribution in [0.25, 0.3) is 0 Å². The number of aryl methyl sites for hydroxylation is 1. The van der Waals surface area contributed by atoms with Crippen molar-refractivity contribution >= 4 is 0 Å². The van der Waals surface area contributed by atoms with Crippen molar-refractivity contribution in [2.45, 2.75) is 33.1 Å². The van der Waals surface area contributed by atoms with E-state index in [9.17, 15) is 0 Å². The average Bonchev–Trinajstić information content (AvgIpc) is 2.17. The van der Waals surface area contributed by atoms with Gasteiger partial charge >= 0.3 is 0 Å². The van der Waals surface area contributed by atoms with Crippen molar-refractivity contribution in [3.05, 3.63) is 29.8 Å². The summed E-state index contributed by atoms with van der Waals surface area (Å²) in [5.41, 5.74) is 1.28. The number of rotatable bonds is 5. The van der Waals surface area contributed by atoms with Gasteiger partial charge in [-0.25, -0.2) is 0 Å². The lowest BCUT2D eigenvalue weighted by Gasteiger charge is -2.08. The highest BCUT2D eigenvalue weighted by Gasteiger charge is 2.00. The molecular formula is C12H17O. The molecule has 0 aliphatic rings. The summed E-state index contributed by atoms with van der Waals surface area (Å²) >= 11 is 0. The van der Waals surface area contributed by atoms with E-state index in [0.717, 1.165) is 31.6 Å². The minimum Gasteiger partial charge on any atom is -0.493 e. The van der Waals surface area contributed by atoms with Crippen molar-refractivity contribution < 1.29 is 4.74 Å². The van der Waals surface area contributed by atoms with Crippen molar-refractivity contribution in [2.24, 2.45) is 0 Å². The number of benzene rings is 1. The second-order valence-electron chi connectivity index (χ2n) is 3.12. The highest BCUT2D eigenvalue weighted by molar-refractivity contribution is 5.32. The minimum atomic E-state index is 0.789. The fraction of sp³-hybridized carbons (Fsp3) is 0.500. The molecular weight excluding hydrogens is 160 g/mol. The van der Waals surface area contributed by atoms with Gasteiger partial charge in [0.25, 0.3) is 0 Å². The van der Waals surface area contributed by atoms with E-state index in [4.69, 9.17) is 4.74 Å². The third-order valence-corrected chi connectivity index (χ3v) is 1.87. The minimum absolute atomic E-state index is 0.789. The lowest BCUT2D eigenvalue weighted by atomic mass is 10.1. The molecule has 0 saturated carbocycles. The monoisotopic (exact) mass is 177 g/mol. The molecule has 0 aliphatic heterocycles. The van der Waals surface area contributed by atoms with Crippen LogP contribution >= 0.6 is 0 Å². The van der Waals surface area contributed by atoms with Crippen molar-refractivity contribution in [2.75, 3.05) is 6.61 Å². The van der Waals surface area contributed by atoms with E-state index in [-0.39, 0.29) is 0 Å². The summed E-state index contributed by atoms with van der Waals surface area (Å²) in [6.45, 7) is 5.08. The third-order valence-electron chi connectivity index (χ3n) is 1.87. The summed E-state index contributed by atoms with van der Waals surface area (Å²) in [5.74, 6) is 0.936. The van der Waals surface area contributed by atoms with E-state index in [2.05, 4.69) is 26.0 Å². The topological polar surface area (TPSA) is 9.23 Å². The van der Waals surface area contributed by atoms with Gasteiger partial charge in [-0.2, -0.15) is 0 Å². The normalized spacial score (nSPS) is 10.0. The van der Waals surface area contributed by atoms with Gasteiger partial charge in [-0.1, -0.05) is 38.5 Å². The summed E-state index contributed by atoms with van der Waals surface area (Å²) in [6, 6.07) is 9.18. The smallest absolute Gasteiger partial charge is 0.130 e. The Morgan fingerprint density at radius 3 is 2.85 bits per heavy atom. The lowest BCUT2D eigenvalue weighted by molar-refractivity contribution is 0.313. The Labute approximate surface area is 80.7 Å². The molecule has 1 aromatic rings. The standard InChI is InChI=1S/C12H17O/c1-3-7-11-8-5-6-9-12(11)13-10-4-2/h5-6,8H,3-4,7,10H2,1-2H3. The van der Waals surface area contributed by atoms with Crippen LogP contribution < -0.4 is 4.74 Å². The second kappa shape index (κ2) is 5.63. The van der Waals surface area contributed by atoms with Gasteiger partial charge < -0.3 is 4.74 Å².